The van der Waals surface area contributed by atoms with Crippen molar-refractivity contribution in [1.29, 1.82) is 5.26 Å². The lowest BCUT2D eigenvalue weighted by Gasteiger charge is -2.22. The van der Waals surface area contributed by atoms with Crippen LogP contribution in [0.2, 0.25) is 0 Å². The van der Waals surface area contributed by atoms with Crippen molar-refractivity contribution in [2.45, 2.75) is 13.1 Å². The van der Waals surface area contributed by atoms with Gasteiger partial charge in [0.2, 0.25) is 0 Å². The fourth-order valence-electron chi connectivity index (χ4n) is 15.3. The molecule has 0 spiro atoms. The van der Waals surface area contributed by atoms with Crippen molar-refractivity contribution < 1.29 is 13.2 Å². The van der Waals surface area contributed by atoms with Crippen LogP contribution in [0.5, 0.6) is 0 Å². The summed E-state index contributed by atoms with van der Waals surface area (Å²) in [6.45, 7) is 1.66. The Kier molecular flexibility index (Phi) is 17.5. The molecule has 0 unspecified atom stereocenters. The van der Waals surface area contributed by atoms with Crippen LogP contribution in [0, 0.1) is 18.3 Å². The first kappa shape index (κ1) is 70.1. The first-order valence-corrected chi connectivity index (χ1v) is 37.9. The van der Waals surface area contributed by atoms with E-state index >= 15 is 13.2 Å². The van der Waals surface area contributed by atoms with E-state index in [-0.39, 0.29) is 11.1 Å². The molecule has 0 radical (unpaired) electrons. The maximum atomic E-state index is 16.2. The summed E-state index contributed by atoms with van der Waals surface area (Å²) in [5.74, 6) is 4.88. The molecule has 20 aromatic rings. The largest absolute Gasteiger partial charge is 0.416 e. The van der Waals surface area contributed by atoms with Crippen LogP contribution in [0.25, 0.3) is 203 Å². The number of fused-ring (bicyclic) bond motifs is 6. The average Bonchev–Trinajstić information content (AvgIpc) is 1.57. The molecule has 0 saturated heterocycles. The van der Waals surface area contributed by atoms with Gasteiger partial charge in [0.05, 0.1) is 50.6 Å². The van der Waals surface area contributed by atoms with E-state index in [1.54, 1.807) is 25.1 Å². The van der Waals surface area contributed by atoms with Crippen molar-refractivity contribution >= 4 is 43.6 Å². The molecule has 0 aliphatic carbocycles. The summed E-state index contributed by atoms with van der Waals surface area (Å²) in [7, 11) is 0. The number of hydrogen-bond acceptors (Lipinski definition) is 13. The molecule has 0 fully saturated rings. The second-order valence-electron chi connectivity index (χ2n) is 28.3. The van der Waals surface area contributed by atoms with Gasteiger partial charge >= 0.3 is 6.18 Å². The number of aromatic nitrogens is 14. The van der Waals surface area contributed by atoms with Crippen molar-refractivity contribution in [3.8, 4) is 165 Å². The Hall–Kier alpha value is -16.0. The number of benzene rings is 14. The van der Waals surface area contributed by atoms with Crippen molar-refractivity contribution in [1.82, 2.24) is 68.9 Å². The van der Waals surface area contributed by atoms with Crippen LogP contribution >= 0.6 is 0 Å². The van der Waals surface area contributed by atoms with Gasteiger partial charge in [0.1, 0.15) is 0 Å². The minimum Gasteiger partial charge on any atom is -0.308 e. The molecule has 14 aromatic carbocycles. The third-order valence-corrected chi connectivity index (χ3v) is 20.8. The van der Waals surface area contributed by atoms with Crippen molar-refractivity contribution in [3.63, 3.8) is 0 Å². The van der Waals surface area contributed by atoms with Crippen LogP contribution < -0.4 is 0 Å². The van der Waals surface area contributed by atoms with E-state index < -0.39 is 11.7 Å². The monoisotopic (exact) mass is 1520 g/mol. The van der Waals surface area contributed by atoms with Gasteiger partial charge in [-0.15, -0.1) is 0 Å². The Bertz CT molecular complexity index is 6300. The van der Waals surface area contributed by atoms with E-state index in [9.17, 15) is 5.26 Å². The molecule has 15 nitrogen and oxygen atoms in total. The SMILES string of the molecule is Cc1cc(-c2c(-n3c4cc(-c5nc(-c6ccccc6)nc(-c6ccccc6)n5)ccc4c4ccc(-c5nc(-c6ccccc6)nc(-c6ccccc6)n5)cc43)cc(C#N)cc2-n2c3cc(-c4nc(-c5ccccc5)nc(-c5ccccc5)n4)ccc3c3ccc(-c4nc(-c5ccccc5)nc(-c5ccccc5)n4)cc32)cc(C(F)(F)F)c1. The van der Waals surface area contributed by atoms with E-state index in [4.69, 9.17) is 59.8 Å². The predicted octanol–water partition coefficient (Wildman–Crippen LogP) is 23.5. The average molecular weight is 1520 g/mol. The molecule has 0 saturated carbocycles. The summed E-state index contributed by atoms with van der Waals surface area (Å²) in [4.78, 5) is 62.1. The first-order valence-electron chi connectivity index (χ1n) is 37.9. The zero-order chi connectivity index (χ0) is 78.7. The predicted molar refractivity (Wildman–Crippen MR) is 454 cm³/mol. The zero-order valence-electron chi connectivity index (χ0n) is 62.3. The van der Waals surface area contributed by atoms with Gasteiger partial charge in [0.25, 0.3) is 0 Å². The summed E-state index contributed by atoms with van der Waals surface area (Å²) in [6.07, 6.45) is -4.83. The van der Waals surface area contributed by atoms with Crippen molar-refractivity contribution in [2.75, 3.05) is 0 Å². The Morgan fingerprint density at radius 2 is 0.453 bits per heavy atom. The normalized spacial score (nSPS) is 11.6. The quantitative estimate of drug-likeness (QED) is 0.0944. The maximum Gasteiger partial charge on any atom is 0.416 e. The van der Waals surface area contributed by atoms with E-state index in [0.29, 0.717) is 137 Å². The van der Waals surface area contributed by atoms with Crippen LogP contribution in [-0.4, -0.2) is 68.9 Å². The number of rotatable bonds is 15. The highest BCUT2D eigenvalue weighted by Gasteiger charge is 2.33. The van der Waals surface area contributed by atoms with Gasteiger partial charge in [-0.25, -0.2) is 59.8 Å². The van der Waals surface area contributed by atoms with Crippen LogP contribution in [0.4, 0.5) is 13.2 Å². The van der Waals surface area contributed by atoms with Gasteiger partial charge in [0, 0.05) is 93.9 Å². The number of hydrogen-bond donors (Lipinski definition) is 0. The summed E-state index contributed by atoms with van der Waals surface area (Å²) in [5, 5.41) is 15.0. The van der Waals surface area contributed by atoms with Gasteiger partial charge in [-0.2, -0.15) is 18.4 Å². The lowest BCUT2D eigenvalue weighted by molar-refractivity contribution is -0.137. The molecule has 0 aliphatic heterocycles. The first-order chi connectivity index (χ1) is 57.4. The highest BCUT2D eigenvalue weighted by atomic mass is 19.4. The number of halogens is 3. The van der Waals surface area contributed by atoms with E-state index in [1.165, 1.54) is 6.07 Å². The maximum absolute atomic E-state index is 16.2. The lowest BCUT2D eigenvalue weighted by Crippen LogP contribution is -2.08. The standard InChI is InChI=1S/C99H60F3N15/c1-60-50-74(54-75(51-60)99(100,101)102)86-84(116-80-55-70(95-108-87(62-26-10-2-11-27-62)104-88(109-95)63-28-12-3-13-29-63)42-46-76(80)77-47-43-71(56-81(77)116)96-110-89(64-30-14-4-15-31-64)105-90(111-96)65-32-16-5-17-33-65)52-61(59-103)53-85(86)117-82-57-72(97-112-91(66-34-18-6-19-35-66)106-92(113-97)67-36-20-7-21-37-67)44-48-78(82)79-49-45-73(58-83(79)117)98-114-93(68-38-22-8-23-39-68)107-94(115-98)69-40-24-9-25-41-69/h2-58H,1H3. The highest BCUT2D eigenvalue weighted by molar-refractivity contribution is 6.14. The molecule has 0 aliphatic rings. The smallest absolute Gasteiger partial charge is 0.308 e. The summed E-state index contributed by atoms with van der Waals surface area (Å²) in [6, 6.07) is 112. The van der Waals surface area contributed by atoms with Gasteiger partial charge in [-0.1, -0.05) is 297 Å². The number of nitriles is 1. The molecule has 6 heterocycles. The lowest BCUT2D eigenvalue weighted by atomic mass is 9.95. The summed E-state index contributed by atoms with van der Waals surface area (Å²) in [5.41, 5.74) is 11.6. The van der Waals surface area contributed by atoms with Gasteiger partial charge in [-0.3, -0.25) is 0 Å². The molecular weight excluding hydrogens is 1460 g/mol. The minimum absolute atomic E-state index is 0.168. The second-order valence-corrected chi connectivity index (χ2v) is 28.3. The topological polar surface area (TPSA) is 188 Å². The van der Waals surface area contributed by atoms with Crippen LogP contribution in [-0.2, 0) is 6.18 Å². The van der Waals surface area contributed by atoms with Crippen LogP contribution in [0.15, 0.2) is 346 Å². The molecule has 0 amide bonds. The van der Waals surface area contributed by atoms with Crippen molar-refractivity contribution in [2.24, 2.45) is 0 Å². The zero-order valence-corrected chi connectivity index (χ0v) is 62.3. The Morgan fingerprint density at radius 3 is 0.658 bits per heavy atom. The molecule has 6 aromatic heterocycles. The molecule has 0 atom stereocenters. The summed E-state index contributed by atoms with van der Waals surface area (Å²) >= 11 is 0. The molecule has 18 heteroatoms. The van der Waals surface area contributed by atoms with Gasteiger partial charge < -0.3 is 9.13 Å². The van der Waals surface area contributed by atoms with E-state index in [0.717, 1.165) is 72.1 Å². The Morgan fingerprint density at radius 1 is 0.239 bits per heavy atom. The molecule has 117 heavy (non-hydrogen) atoms. The van der Waals surface area contributed by atoms with Gasteiger partial charge in [-0.05, 0) is 66.6 Å². The third-order valence-electron chi connectivity index (χ3n) is 20.8. The van der Waals surface area contributed by atoms with Crippen LogP contribution in [0.3, 0.4) is 0 Å². The van der Waals surface area contributed by atoms with E-state index in [2.05, 4.69) is 6.07 Å². The van der Waals surface area contributed by atoms with E-state index in [1.807, 2.05) is 325 Å². The Balaban J connectivity index is 0.918. The second kappa shape index (κ2) is 29.3. The van der Waals surface area contributed by atoms with Crippen molar-refractivity contribution in [3.05, 3.63) is 362 Å². The summed E-state index contributed by atoms with van der Waals surface area (Å²) < 4.78 is 52.6. The Labute approximate surface area is 667 Å². The van der Waals surface area contributed by atoms with Crippen LogP contribution in [0.1, 0.15) is 16.7 Å². The molecule has 20 rings (SSSR count). The number of nitrogens with zero attached hydrogens (tertiary/aromatic N) is 15. The number of aryl methyl sites for hydroxylation is 1. The fraction of sp³-hybridized carbons (Fsp3) is 0.0202. The molecule has 0 N–H and O–H groups in total. The third kappa shape index (κ3) is 13.4. The highest BCUT2D eigenvalue weighted by Crippen LogP contribution is 2.47. The number of alkyl halides is 3. The van der Waals surface area contributed by atoms with Gasteiger partial charge in [0.15, 0.2) is 69.9 Å². The minimum atomic E-state index is -4.83. The molecular formula is C99H60F3N15. The fourth-order valence-corrected chi connectivity index (χ4v) is 15.3. The molecule has 0 bridgehead atoms. The molecule has 552 valence electrons.